The molecular formula is C14H30N4S. The zero-order chi connectivity index (χ0) is 13.9. The Balaban J connectivity index is 2.08. The predicted molar refractivity (Wildman–Crippen MR) is 87.2 cm³/mol. The summed E-state index contributed by atoms with van der Waals surface area (Å²) in [6, 6.07) is 0.771. The molecule has 1 atom stereocenters. The molecule has 0 aromatic rings. The molecule has 19 heavy (non-hydrogen) atoms. The highest BCUT2D eigenvalue weighted by atomic mass is 32.2. The zero-order valence-electron chi connectivity index (χ0n) is 12.7. The number of thioether (sulfide) groups is 1. The molecule has 1 fully saturated rings. The van der Waals surface area contributed by atoms with Crippen molar-refractivity contribution in [3.63, 3.8) is 0 Å². The highest BCUT2D eigenvalue weighted by molar-refractivity contribution is 7.98. The summed E-state index contributed by atoms with van der Waals surface area (Å²) in [6.45, 7) is 6.82. The molecule has 1 aliphatic heterocycles. The number of likely N-dealkylation sites (tertiary alicyclic amines) is 1. The standard InChI is InChI=1S/C14H30N4S/c1-13-7-4-5-10-18(13)11-6-8-16-14(15-2)17-9-12-19-3/h13H,4-12H2,1-3H3,(H2,15,16,17). The monoisotopic (exact) mass is 286 g/mol. The Morgan fingerprint density at radius 1 is 1.32 bits per heavy atom. The van der Waals surface area contributed by atoms with Gasteiger partial charge in [-0.15, -0.1) is 0 Å². The smallest absolute Gasteiger partial charge is 0.191 e. The van der Waals surface area contributed by atoms with Gasteiger partial charge in [-0.1, -0.05) is 6.42 Å². The highest BCUT2D eigenvalue weighted by Gasteiger charge is 2.16. The van der Waals surface area contributed by atoms with Crippen LogP contribution in [0.25, 0.3) is 0 Å². The van der Waals surface area contributed by atoms with Gasteiger partial charge in [0, 0.05) is 38.5 Å². The Hall–Kier alpha value is -0.420. The van der Waals surface area contributed by atoms with E-state index in [1.807, 2.05) is 18.8 Å². The third-order valence-corrected chi connectivity index (χ3v) is 4.29. The molecule has 1 saturated heterocycles. The van der Waals surface area contributed by atoms with Gasteiger partial charge in [0.15, 0.2) is 5.96 Å². The molecule has 1 rings (SSSR count). The number of hydrogen-bond donors (Lipinski definition) is 2. The van der Waals surface area contributed by atoms with Crippen LogP contribution in [-0.2, 0) is 0 Å². The summed E-state index contributed by atoms with van der Waals surface area (Å²) in [4.78, 5) is 6.85. The quantitative estimate of drug-likeness (QED) is 0.425. The minimum atomic E-state index is 0.771. The summed E-state index contributed by atoms with van der Waals surface area (Å²) in [5.41, 5.74) is 0. The number of rotatable bonds is 7. The average molecular weight is 286 g/mol. The van der Waals surface area contributed by atoms with Gasteiger partial charge in [-0.3, -0.25) is 4.99 Å². The van der Waals surface area contributed by atoms with Crippen LogP contribution in [0.3, 0.4) is 0 Å². The SMILES string of the molecule is CN=C(NCCCN1CCCCC1C)NCCSC. The maximum Gasteiger partial charge on any atom is 0.191 e. The topological polar surface area (TPSA) is 39.7 Å². The molecule has 0 saturated carbocycles. The van der Waals surface area contributed by atoms with E-state index in [1.54, 1.807) is 0 Å². The fraction of sp³-hybridized carbons (Fsp3) is 0.929. The van der Waals surface area contributed by atoms with Crippen LogP contribution >= 0.6 is 11.8 Å². The summed E-state index contributed by atoms with van der Waals surface area (Å²) < 4.78 is 0. The largest absolute Gasteiger partial charge is 0.356 e. The van der Waals surface area contributed by atoms with E-state index in [4.69, 9.17) is 0 Å². The van der Waals surface area contributed by atoms with Crippen LogP contribution in [-0.4, -0.2) is 62.1 Å². The molecule has 0 aromatic carbocycles. The fourth-order valence-electron chi connectivity index (χ4n) is 2.47. The van der Waals surface area contributed by atoms with Crippen LogP contribution in [0.1, 0.15) is 32.6 Å². The van der Waals surface area contributed by atoms with Crippen molar-refractivity contribution in [1.29, 1.82) is 0 Å². The van der Waals surface area contributed by atoms with Gasteiger partial charge >= 0.3 is 0 Å². The molecule has 1 heterocycles. The van der Waals surface area contributed by atoms with Crippen LogP contribution in [0.4, 0.5) is 0 Å². The van der Waals surface area contributed by atoms with E-state index in [1.165, 1.54) is 38.8 Å². The van der Waals surface area contributed by atoms with Gasteiger partial charge in [0.2, 0.25) is 0 Å². The Kier molecular flexibility index (Phi) is 9.08. The molecule has 0 aromatic heterocycles. The Labute approximate surface area is 122 Å². The van der Waals surface area contributed by atoms with Crippen LogP contribution in [0.15, 0.2) is 4.99 Å². The van der Waals surface area contributed by atoms with Gasteiger partial charge < -0.3 is 15.5 Å². The lowest BCUT2D eigenvalue weighted by molar-refractivity contribution is 0.159. The van der Waals surface area contributed by atoms with E-state index >= 15 is 0 Å². The van der Waals surface area contributed by atoms with E-state index in [0.717, 1.165) is 30.8 Å². The third kappa shape index (κ3) is 7.06. The van der Waals surface area contributed by atoms with E-state index in [9.17, 15) is 0 Å². The summed E-state index contributed by atoms with van der Waals surface area (Å²) >= 11 is 1.85. The van der Waals surface area contributed by atoms with Crippen molar-refractivity contribution >= 4 is 17.7 Å². The zero-order valence-corrected chi connectivity index (χ0v) is 13.6. The molecule has 0 aliphatic carbocycles. The van der Waals surface area contributed by atoms with Crippen molar-refractivity contribution in [2.75, 3.05) is 45.2 Å². The molecule has 1 aliphatic rings. The van der Waals surface area contributed by atoms with Gasteiger partial charge in [-0.05, 0) is 39.0 Å². The van der Waals surface area contributed by atoms with Gasteiger partial charge in [-0.2, -0.15) is 11.8 Å². The van der Waals surface area contributed by atoms with Crippen molar-refractivity contribution in [2.45, 2.75) is 38.6 Å². The van der Waals surface area contributed by atoms with Crippen LogP contribution < -0.4 is 10.6 Å². The summed E-state index contributed by atoms with van der Waals surface area (Å²) in [5.74, 6) is 2.05. The Bertz CT molecular complexity index is 258. The second kappa shape index (κ2) is 10.4. The molecule has 112 valence electrons. The van der Waals surface area contributed by atoms with Crippen LogP contribution in [0.5, 0.6) is 0 Å². The molecule has 0 bridgehead atoms. The van der Waals surface area contributed by atoms with Crippen molar-refractivity contribution < 1.29 is 0 Å². The lowest BCUT2D eigenvalue weighted by Crippen LogP contribution is -2.41. The third-order valence-electron chi connectivity index (χ3n) is 3.68. The number of aliphatic imine (C=N–C) groups is 1. The number of guanidine groups is 1. The van der Waals surface area contributed by atoms with Gasteiger partial charge in [0.05, 0.1) is 0 Å². The van der Waals surface area contributed by atoms with Gasteiger partial charge in [-0.25, -0.2) is 0 Å². The molecule has 5 heteroatoms. The second-order valence-corrected chi connectivity index (χ2v) is 6.14. The second-order valence-electron chi connectivity index (χ2n) is 5.15. The van der Waals surface area contributed by atoms with E-state index < -0.39 is 0 Å². The first-order chi connectivity index (χ1) is 9.27. The normalized spacial score (nSPS) is 21.4. The summed E-state index contributed by atoms with van der Waals surface area (Å²) in [7, 11) is 1.83. The lowest BCUT2D eigenvalue weighted by Gasteiger charge is -2.33. The minimum absolute atomic E-state index is 0.771. The number of nitrogens with zero attached hydrogens (tertiary/aromatic N) is 2. The van der Waals surface area contributed by atoms with E-state index in [-0.39, 0.29) is 0 Å². The molecule has 0 amide bonds. The molecule has 4 nitrogen and oxygen atoms in total. The van der Waals surface area contributed by atoms with Crippen molar-refractivity contribution in [3.8, 4) is 0 Å². The van der Waals surface area contributed by atoms with Crippen molar-refractivity contribution in [2.24, 2.45) is 4.99 Å². The Morgan fingerprint density at radius 2 is 2.11 bits per heavy atom. The minimum Gasteiger partial charge on any atom is -0.356 e. The summed E-state index contributed by atoms with van der Waals surface area (Å²) in [6.07, 6.45) is 7.45. The molecular weight excluding hydrogens is 256 g/mol. The Morgan fingerprint density at radius 3 is 2.79 bits per heavy atom. The highest BCUT2D eigenvalue weighted by Crippen LogP contribution is 2.15. The van der Waals surface area contributed by atoms with E-state index in [0.29, 0.717) is 0 Å². The molecule has 0 spiro atoms. The maximum atomic E-state index is 4.23. The molecule has 2 N–H and O–H groups in total. The van der Waals surface area contributed by atoms with E-state index in [2.05, 4.69) is 33.7 Å². The average Bonchev–Trinajstić information content (AvgIpc) is 2.43. The number of hydrogen-bond acceptors (Lipinski definition) is 3. The lowest BCUT2D eigenvalue weighted by atomic mass is 10.0. The van der Waals surface area contributed by atoms with Crippen molar-refractivity contribution in [1.82, 2.24) is 15.5 Å². The molecule has 1 unspecified atom stereocenters. The first-order valence-corrected chi connectivity index (χ1v) is 8.84. The van der Waals surface area contributed by atoms with Crippen LogP contribution in [0, 0.1) is 0 Å². The van der Waals surface area contributed by atoms with Crippen LogP contribution in [0.2, 0.25) is 0 Å². The van der Waals surface area contributed by atoms with Crippen molar-refractivity contribution in [3.05, 3.63) is 0 Å². The molecule has 0 radical (unpaired) electrons. The maximum absolute atomic E-state index is 4.23. The first kappa shape index (κ1) is 16.6. The fourth-order valence-corrected chi connectivity index (χ4v) is 2.78. The number of nitrogens with one attached hydrogen (secondary N) is 2. The predicted octanol–water partition coefficient (Wildman–Crippen LogP) is 1.78. The van der Waals surface area contributed by atoms with Gasteiger partial charge in [0.25, 0.3) is 0 Å². The summed E-state index contributed by atoms with van der Waals surface area (Å²) in [5, 5.41) is 6.71. The van der Waals surface area contributed by atoms with Gasteiger partial charge in [0.1, 0.15) is 0 Å². The first-order valence-electron chi connectivity index (χ1n) is 7.45. The number of piperidine rings is 1.